The molecule has 3 atom stereocenters. The number of carbonyl (C=O) groups excluding carboxylic acids is 2. The van der Waals surface area contributed by atoms with Gasteiger partial charge in [-0.2, -0.15) is 0 Å². The first-order valence-corrected chi connectivity index (χ1v) is 6.65. The molecule has 1 unspecified atom stereocenters. The van der Waals surface area contributed by atoms with E-state index in [4.69, 9.17) is 0 Å². The molecule has 2 nitrogen and oxygen atoms in total. The number of hydrogen-bond acceptors (Lipinski definition) is 2. The van der Waals surface area contributed by atoms with Gasteiger partial charge in [-0.15, -0.1) is 0 Å². The van der Waals surface area contributed by atoms with Crippen molar-refractivity contribution in [2.24, 2.45) is 22.7 Å². The minimum absolute atomic E-state index is 0.0687. The molecule has 17 heavy (non-hydrogen) atoms. The molecular weight excluding hydrogens is 212 g/mol. The third-order valence-corrected chi connectivity index (χ3v) is 5.71. The Hall–Kier alpha value is -0.920. The maximum atomic E-state index is 12.5. The zero-order valence-corrected chi connectivity index (χ0v) is 10.7. The molecule has 0 N–H and O–H groups in total. The van der Waals surface area contributed by atoms with Crippen LogP contribution in [0, 0.1) is 22.7 Å². The smallest absolute Gasteiger partial charge is 0.140 e. The summed E-state index contributed by atoms with van der Waals surface area (Å²) in [6, 6.07) is 0. The molecule has 92 valence electrons. The Bertz CT molecular complexity index is 432. The van der Waals surface area contributed by atoms with Crippen molar-refractivity contribution in [3.8, 4) is 0 Å². The van der Waals surface area contributed by atoms with Crippen molar-refractivity contribution in [3.63, 3.8) is 0 Å². The Morgan fingerprint density at radius 2 is 2.00 bits per heavy atom. The van der Waals surface area contributed by atoms with Gasteiger partial charge >= 0.3 is 0 Å². The molecule has 3 fully saturated rings. The lowest BCUT2D eigenvalue weighted by Gasteiger charge is -2.53. The summed E-state index contributed by atoms with van der Waals surface area (Å²) in [5.74, 6) is 0.935. The normalized spacial score (nSPS) is 43.8. The molecule has 0 saturated heterocycles. The van der Waals surface area contributed by atoms with Crippen molar-refractivity contribution in [2.75, 3.05) is 0 Å². The van der Waals surface area contributed by atoms with Gasteiger partial charge in [0.1, 0.15) is 11.6 Å². The predicted octanol–water partition coefficient (Wildman–Crippen LogP) is 2.92. The summed E-state index contributed by atoms with van der Waals surface area (Å²) in [4.78, 5) is 24.8. The van der Waals surface area contributed by atoms with E-state index in [1.165, 1.54) is 0 Å². The summed E-state index contributed by atoms with van der Waals surface area (Å²) in [7, 11) is 0. The van der Waals surface area contributed by atoms with Crippen LogP contribution in [-0.2, 0) is 9.59 Å². The Morgan fingerprint density at radius 1 is 1.29 bits per heavy atom. The molecule has 3 rings (SSSR count). The molecule has 0 aromatic rings. The first-order chi connectivity index (χ1) is 7.91. The lowest BCUT2D eigenvalue weighted by atomic mass is 9.48. The molecule has 3 saturated carbocycles. The number of Topliss-reactive ketones (excluding diaryl/α,β-unsaturated/α-hetero) is 2. The van der Waals surface area contributed by atoms with Crippen LogP contribution in [-0.4, -0.2) is 11.6 Å². The highest BCUT2D eigenvalue weighted by atomic mass is 16.1. The number of ketones is 2. The van der Waals surface area contributed by atoms with Crippen molar-refractivity contribution in [2.45, 2.75) is 46.0 Å². The van der Waals surface area contributed by atoms with Crippen LogP contribution in [0.5, 0.6) is 0 Å². The molecule has 0 radical (unpaired) electrons. The van der Waals surface area contributed by atoms with Crippen molar-refractivity contribution in [1.29, 1.82) is 0 Å². The quantitative estimate of drug-likeness (QED) is 0.602. The summed E-state index contributed by atoms with van der Waals surface area (Å²) >= 11 is 0. The number of rotatable bonds is 0. The minimum Gasteiger partial charge on any atom is -0.299 e. The largest absolute Gasteiger partial charge is 0.299 e. The van der Waals surface area contributed by atoms with Crippen molar-refractivity contribution < 1.29 is 9.59 Å². The van der Waals surface area contributed by atoms with Crippen LogP contribution in [0.15, 0.2) is 12.2 Å². The average molecular weight is 232 g/mol. The predicted molar refractivity (Wildman–Crippen MR) is 65.4 cm³/mol. The SMILES string of the molecule is C=C1C[C@@]23C(=O)CCCC2CC(=O)[C@@H]1C3(C)C. The zero-order valence-electron chi connectivity index (χ0n) is 10.7. The zero-order chi connectivity index (χ0) is 12.4. The van der Waals surface area contributed by atoms with Gasteiger partial charge < -0.3 is 0 Å². The monoisotopic (exact) mass is 232 g/mol. The van der Waals surface area contributed by atoms with Gasteiger partial charge in [-0.3, -0.25) is 9.59 Å². The Labute approximate surface area is 102 Å². The second-order valence-electron chi connectivity index (χ2n) is 6.64. The van der Waals surface area contributed by atoms with Crippen LogP contribution in [0.2, 0.25) is 0 Å². The van der Waals surface area contributed by atoms with Crippen molar-refractivity contribution in [3.05, 3.63) is 12.2 Å². The van der Waals surface area contributed by atoms with Gasteiger partial charge in [0.15, 0.2) is 0 Å². The highest BCUT2D eigenvalue weighted by Crippen LogP contribution is 2.68. The second-order valence-corrected chi connectivity index (χ2v) is 6.64. The molecule has 0 aliphatic heterocycles. The van der Waals surface area contributed by atoms with E-state index in [1.807, 2.05) is 0 Å². The minimum atomic E-state index is -0.263. The maximum absolute atomic E-state index is 12.5. The van der Waals surface area contributed by atoms with E-state index < -0.39 is 0 Å². The Balaban J connectivity index is 2.20. The Kier molecular flexibility index (Phi) is 2.04. The van der Waals surface area contributed by atoms with Gasteiger partial charge in [-0.05, 0) is 30.6 Å². The van der Waals surface area contributed by atoms with E-state index in [0.717, 1.165) is 24.8 Å². The topological polar surface area (TPSA) is 34.1 Å². The van der Waals surface area contributed by atoms with E-state index in [-0.39, 0.29) is 22.7 Å². The first kappa shape index (κ1) is 11.2. The van der Waals surface area contributed by atoms with Crippen LogP contribution < -0.4 is 0 Å². The molecule has 0 heterocycles. The third kappa shape index (κ3) is 1.07. The number of hydrogen-bond donors (Lipinski definition) is 0. The lowest BCUT2D eigenvalue weighted by Crippen LogP contribution is -2.55. The number of allylic oxidation sites excluding steroid dienone is 1. The van der Waals surface area contributed by atoms with E-state index in [1.54, 1.807) is 0 Å². The molecule has 3 aliphatic rings. The average Bonchev–Trinajstić information content (AvgIpc) is 2.34. The van der Waals surface area contributed by atoms with Crippen LogP contribution in [0.1, 0.15) is 46.0 Å². The highest BCUT2D eigenvalue weighted by Gasteiger charge is 2.68. The number of carbonyl (C=O) groups is 2. The summed E-state index contributed by atoms with van der Waals surface area (Å²) in [5.41, 5.74) is 0.542. The van der Waals surface area contributed by atoms with Gasteiger partial charge in [0.2, 0.25) is 0 Å². The molecular formula is C15H20O2. The molecule has 2 heteroatoms. The maximum Gasteiger partial charge on any atom is 0.140 e. The fourth-order valence-electron chi connectivity index (χ4n) is 5.06. The first-order valence-electron chi connectivity index (χ1n) is 6.65. The van der Waals surface area contributed by atoms with Crippen LogP contribution >= 0.6 is 0 Å². The summed E-state index contributed by atoms with van der Waals surface area (Å²) in [5, 5.41) is 0. The van der Waals surface area contributed by atoms with E-state index in [0.29, 0.717) is 24.4 Å². The van der Waals surface area contributed by atoms with Gasteiger partial charge in [0.05, 0.1) is 0 Å². The third-order valence-electron chi connectivity index (χ3n) is 5.71. The summed E-state index contributed by atoms with van der Waals surface area (Å²) in [6.45, 7) is 8.32. The molecule has 1 spiro atoms. The molecule has 0 aromatic carbocycles. The summed E-state index contributed by atoms with van der Waals surface area (Å²) < 4.78 is 0. The number of fused-ring (bicyclic) bond motifs is 1. The van der Waals surface area contributed by atoms with E-state index in [2.05, 4.69) is 20.4 Å². The highest BCUT2D eigenvalue weighted by molar-refractivity contribution is 5.96. The molecule has 0 aromatic heterocycles. The van der Waals surface area contributed by atoms with E-state index in [9.17, 15) is 9.59 Å². The lowest BCUT2D eigenvalue weighted by molar-refractivity contribution is -0.155. The molecule has 2 bridgehead atoms. The Morgan fingerprint density at radius 3 is 2.71 bits per heavy atom. The van der Waals surface area contributed by atoms with Gasteiger partial charge in [0.25, 0.3) is 0 Å². The molecule has 3 aliphatic carbocycles. The van der Waals surface area contributed by atoms with Crippen LogP contribution in [0.25, 0.3) is 0 Å². The second kappa shape index (κ2) is 3.09. The van der Waals surface area contributed by atoms with Crippen LogP contribution in [0.3, 0.4) is 0 Å². The van der Waals surface area contributed by atoms with Crippen LogP contribution in [0.4, 0.5) is 0 Å². The van der Waals surface area contributed by atoms with E-state index >= 15 is 0 Å². The fourth-order valence-corrected chi connectivity index (χ4v) is 5.06. The standard InChI is InChI=1S/C15H20O2/c1-9-8-15-10(5-4-6-12(15)17)7-11(16)13(9)14(15,2)3/h10,13H,1,4-8H2,2-3H3/t10?,13-,15+/m1/s1. The van der Waals surface area contributed by atoms with Gasteiger partial charge in [-0.1, -0.05) is 26.0 Å². The van der Waals surface area contributed by atoms with Crippen molar-refractivity contribution in [1.82, 2.24) is 0 Å². The fraction of sp³-hybridized carbons (Fsp3) is 0.733. The summed E-state index contributed by atoms with van der Waals surface area (Å²) in [6.07, 6.45) is 4.08. The molecule has 0 amide bonds. The van der Waals surface area contributed by atoms with Gasteiger partial charge in [-0.25, -0.2) is 0 Å². The van der Waals surface area contributed by atoms with Crippen molar-refractivity contribution >= 4 is 11.6 Å². The van der Waals surface area contributed by atoms with Gasteiger partial charge in [0, 0.05) is 24.2 Å².